The third-order valence-corrected chi connectivity index (χ3v) is 3.78. The van der Waals surface area contributed by atoms with Gasteiger partial charge in [0.1, 0.15) is 5.65 Å². The molecule has 2 nitrogen and oxygen atoms in total. The normalized spacial score (nSPS) is 12.8. The van der Waals surface area contributed by atoms with Crippen molar-refractivity contribution in [2.24, 2.45) is 0 Å². The lowest BCUT2D eigenvalue weighted by Gasteiger charge is -2.09. The maximum absolute atomic E-state index is 6.42. The molecule has 0 aliphatic rings. The second-order valence-corrected chi connectivity index (χ2v) is 5.84. The molecule has 0 bridgehead atoms. The number of fused-ring (bicyclic) bond motifs is 1. The van der Waals surface area contributed by atoms with Gasteiger partial charge in [0, 0.05) is 11.3 Å². The van der Waals surface area contributed by atoms with Crippen molar-refractivity contribution in [3.63, 3.8) is 0 Å². The Bertz CT molecular complexity index is 755. The van der Waals surface area contributed by atoms with Gasteiger partial charge in [-0.25, -0.2) is 4.98 Å². The molecule has 0 radical (unpaired) electrons. The highest BCUT2D eigenvalue weighted by Gasteiger charge is 2.18. The molecule has 1 aromatic carbocycles. The fourth-order valence-electron chi connectivity index (χ4n) is 2.57. The number of pyridine rings is 1. The standard InChI is InChI=1S/C17H17ClN2/c1-11-7-9-14(10-8-11)16-17(13(3)18)20-12(2)5-4-6-15(20)19-16/h4-10,13H,1-3H3. The zero-order valence-corrected chi connectivity index (χ0v) is 12.6. The van der Waals surface area contributed by atoms with E-state index >= 15 is 0 Å². The summed E-state index contributed by atoms with van der Waals surface area (Å²) in [7, 11) is 0. The maximum atomic E-state index is 6.42. The van der Waals surface area contributed by atoms with E-state index in [0.717, 1.165) is 28.3 Å². The van der Waals surface area contributed by atoms with E-state index in [1.807, 2.05) is 19.1 Å². The van der Waals surface area contributed by atoms with Gasteiger partial charge in [0.05, 0.1) is 16.8 Å². The van der Waals surface area contributed by atoms with Crippen molar-refractivity contribution in [1.29, 1.82) is 0 Å². The molecule has 0 saturated heterocycles. The average molecular weight is 285 g/mol. The Hall–Kier alpha value is -1.80. The van der Waals surface area contributed by atoms with Crippen LogP contribution in [0.25, 0.3) is 16.9 Å². The minimum absolute atomic E-state index is 0.0950. The summed E-state index contributed by atoms with van der Waals surface area (Å²) in [6.45, 7) is 6.16. The summed E-state index contributed by atoms with van der Waals surface area (Å²) in [5.41, 5.74) is 6.49. The molecule has 3 heteroatoms. The number of nitrogens with zero attached hydrogens (tertiary/aromatic N) is 2. The molecule has 102 valence electrons. The first-order valence-electron chi connectivity index (χ1n) is 6.77. The zero-order chi connectivity index (χ0) is 14.3. The summed E-state index contributed by atoms with van der Waals surface area (Å²) in [6, 6.07) is 14.6. The Balaban J connectivity index is 2.32. The smallest absolute Gasteiger partial charge is 0.137 e. The molecule has 0 aliphatic heterocycles. The predicted octanol–water partition coefficient (Wildman–Crippen LogP) is 4.92. The van der Waals surface area contributed by atoms with E-state index in [0.29, 0.717) is 0 Å². The van der Waals surface area contributed by atoms with E-state index in [-0.39, 0.29) is 5.38 Å². The van der Waals surface area contributed by atoms with Gasteiger partial charge in [-0.15, -0.1) is 11.6 Å². The van der Waals surface area contributed by atoms with E-state index in [1.165, 1.54) is 5.56 Å². The van der Waals surface area contributed by atoms with Gasteiger partial charge in [-0.05, 0) is 32.9 Å². The van der Waals surface area contributed by atoms with Crippen LogP contribution in [0.4, 0.5) is 0 Å². The van der Waals surface area contributed by atoms with Gasteiger partial charge < -0.3 is 0 Å². The molecule has 3 aromatic rings. The van der Waals surface area contributed by atoms with Gasteiger partial charge in [-0.1, -0.05) is 35.9 Å². The molecule has 3 rings (SSSR count). The van der Waals surface area contributed by atoms with Crippen LogP contribution in [0, 0.1) is 13.8 Å². The number of hydrogen-bond donors (Lipinski definition) is 0. The quantitative estimate of drug-likeness (QED) is 0.611. The summed E-state index contributed by atoms with van der Waals surface area (Å²) in [5, 5.41) is -0.0950. The highest BCUT2D eigenvalue weighted by atomic mass is 35.5. The fraction of sp³-hybridized carbons (Fsp3) is 0.235. The van der Waals surface area contributed by atoms with E-state index < -0.39 is 0 Å². The molecule has 0 saturated carbocycles. The van der Waals surface area contributed by atoms with Crippen LogP contribution >= 0.6 is 11.6 Å². The third-order valence-electron chi connectivity index (χ3n) is 3.58. The Kier molecular flexibility index (Phi) is 3.27. The van der Waals surface area contributed by atoms with Crippen LogP contribution in [0.15, 0.2) is 42.5 Å². The number of alkyl halides is 1. The molecule has 2 aromatic heterocycles. The second-order valence-electron chi connectivity index (χ2n) is 5.19. The van der Waals surface area contributed by atoms with Crippen LogP contribution < -0.4 is 0 Å². The predicted molar refractivity (Wildman–Crippen MR) is 84.4 cm³/mol. The molecule has 2 heterocycles. The molecular formula is C17H17ClN2. The maximum Gasteiger partial charge on any atom is 0.137 e. The van der Waals surface area contributed by atoms with E-state index in [1.54, 1.807) is 0 Å². The van der Waals surface area contributed by atoms with Crippen LogP contribution in [-0.2, 0) is 0 Å². The number of rotatable bonds is 2. The minimum Gasteiger partial charge on any atom is -0.299 e. The van der Waals surface area contributed by atoms with Crippen LogP contribution in [0.2, 0.25) is 0 Å². The molecule has 20 heavy (non-hydrogen) atoms. The fourth-order valence-corrected chi connectivity index (χ4v) is 2.77. The largest absolute Gasteiger partial charge is 0.299 e. The first-order valence-corrected chi connectivity index (χ1v) is 7.20. The zero-order valence-electron chi connectivity index (χ0n) is 11.9. The van der Waals surface area contributed by atoms with Gasteiger partial charge in [0.2, 0.25) is 0 Å². The second kappa shape index (κ2) is 4.95. The number of halogens is 1. The summed E-state index contributed by atoms with van der Waals surface area (Å²) >= 11 is 6.42. The lowest BCUT2D eigenvalue weighted by molar-refractivity contribution is 0.936. The number of aromatic nitrogens is 2. The van der Waals surface area contributed by atoms with E-state index in [2.05, 4.69) is 48.6 Å². The number of benzene rings is 1. The van der Waals surface area contributed by atoms with Crippen LogP contribution in [-0.4, -0.2) is 9.38 Å². The van der Waals surface area contributed by atoms with E-state index in [4.69, 9.17) is 16.6 Å². The van der Waals surface area contributed by atoms with Gasteiger partial charge >= 0.3 is 0 Å². The lowest BCUT2D eigenvalue weighted by Crippen LogP contribution is -1.98. The number of aryl methyl sites for hydroxylation is 2. The first kappa shape index (κ1) is 13.2. The monoisotopic (exact) mass is 284 g/mol. The van der Waals surface area contributed by atoms with Crippen molar-refractivity contribution >= 4 is 17.2 Å². The Morgan fingerprint density at radius 2 is 1.75 bits per heavy atom. The van der Waals surface area contributed by atoms with Crippen LogP contribution in [0.1, 0.15) is 29.3 Å². The van der Waals surface area contributed by atoms with Gasteiger partial charge in [0.25, 0.3) is 0 Å². The van der Waals surface area contributed by atoms with Crippen molar-refractivity contribution < 1.29 is 0 Å². The van der Waals surface area contributed by atoms with Gasteiger partial charge in [-0.3, -0.25) is 4.40 Å². The van der Waals surface area contributed by atoms with Crippen molar-refractivity contribution in [3.05, 3.63) is 59.4 Å². The van der Waals surface area contributed by atoms with Crippen LogP contribution in [0.3, 0.4) is 0 Å². The van der Waals surface area contributed by atoms with Crippen molar-refractivity contribution in [2.45, 2.75) is 26.1 Å². The Labute approximate surface area is 124 Å². The molecule has 0 spiro atoms. The lowest BCUT2D eigenvalue weighted by atomic mass is 10.1. The SMILES string of the molecule is Cc1ccc(-c2nc3cccc(C)n3c2C(C)Cl)cc1. The number of imidazole rings is 1. The van der Waals surface area contributed by atoms with Crippen molar-refractivity contribution in [1.82, 2.24) is 9.38 Å². The molecule has 1 unspecified atom stereocenters. The highest BCUT2D eigenvalue weighted by Crippen LogP contribution is 2.32. The minimum atomic E-state index is -0.0950. The van der Waals surface area contributed by atoms with Crippen molar-refractivity contribution in [3.8, 4) is 11.3 Å². The van der Waals surface area contributed by atoms with Crippen molar-refractivity contribution in [2.75, 3.05) is 0 Å². The molecule has 1 atom stereocenters. The number of hydrogen-bond acceptors (Lipinski definition) is 1. The summed E-state index contributed by atoms with van der Waals surface area (Å²) in [5.74, 6) is 0. The Morgan fingerprint density at radius 1 is 1.05 bits per heavy atom. The highest BCUT2D eigenvalue weighted by molar-refractivity contribution is 6.20. The van der Waals surface area contributed by atoms with Gasteiger partial charge in [0.15, 0.2) is 0 Å². The molecule has 0 N–H and O–H groups in total. The molecule has 0 aliphatic carbocycles. The molecule has 0 fully saturated rings. The third kappa shape index (κ3) is 2.10. The summed E-state index contributed by atoms with van der Waals surface area (Å²) in [4.78, 5) is 4.77. The van der Waals surface area contributed by atoms with Gasteiger partial charge in [-0.2, -0.15) is 0 Å². The topological polar surface area (TPSA) is 17.3 Å². The average Bonchev–Trinajstić information content (AvgIpc) is 2.80. The first-order chi connectivity index (χ1) is 9.58. The molecule has 0 amide bonds. The molecular weight excluding hydrogens is 268 g/mol. The summed E-state index contributed by atoms with van der Waals surface area (Å²) in [6.07, 6.45) is 0. The van der Waals surface area contributed by atoms with E-state index in [9.17, 15) is 0 Å². The summed E-state index contributed by atoms with van der Waals surface area (Å²) < 4.78 is 2.15. The van der Waals surface area contributed by atoms with Crippen LogP contribution in [0.5, 0.6) is 0 Å². The Morgan fingerprint density at radius 3 is 2.40 bits per heavy atom.